The average Bonchev–Trinajstić information content (AvgIpc) is 2.99. The van der Waals surface area contributed by atoms with E-state index in [-0.39, 0.29) is 6.10 Å². The van der Waals surface area contributed by atoms with Crippen LogP contribution in [0.15, 0.2) is 10.9 Å². The third-order valence-electron chi connectivity index (χ3n) is 5.48. The fourth-order valence-electron chi connectivity index (χ4n) is 4.12. The van der Waals surface area contributed by atoms with Gasteiger partial charge in [-0.3, -0.25) is 4.90 Å². The Balaban J connectivity index is 1.40. The van der Waals surface area contributed by atoms with Crippen LogP contribution in [0.2, 0.25) is 0 Å². The van der Waals surface area contributed by atoms with E-state index in [2.05, 4.69) is 25.3 Å². The minimum absolute atomic E-state index is 0.149. The van der Waals surface area contributed by atoms with Crippen LogP contribution in [-0.2, 0) is 0 Å². The second-order valence-electron chi connectivity index (χ2n) is 7.04. The standard InChI is InChI=1S/C17H25N5O2/c1-11-15-16(18-10-19-17(15)24-21-11)20-12-6-8-22(9-7-12)13-4-2-3-5-14(13)23/h10,12-14,23H,2-9H2,1H3,(H,18,19,20)/t13-,14+/m1/s1. The monoisotopic (exact) mass is 331 g/mol. The van der Waals surface area contributed by atoms with E-state index < -0.39 is 0 Å². The second-order valence-corrected chi connectivity index (χ2v) is 7.04. The highest BCUT2D eigenvalue weighted by molar-refractivity contribution is 5.87. The molecule has 7 heteroatoms. The molecule has 2 N–H and O–H groups in total. The fraction of sp³-hybridized carbons (Fsp3) is 0.706. The number of rotatable bonds is 3. The molecule has 1 aliphatic heterocycles. The van der Waals surface area contributed by atoms with Crippen molar-refractivity contribution in [2.75, 3.05) is 18.4 Å². The molecule has 1 saturated carbocycles. The van der Waals surface area contributed by atoms with Crippen LogP contribution in [0.5, 0.6) is 0 Å². The summed E-state index contributed by atoms with van der Waals surface area (Å²) in [5.41, 5.74) is 1.35. The Hall–Kier alpha value is -1.73. The Bertz CT molecular complexity index is 695. The van der Waals surface area contributed by atoms with E-state index in [1.54, 1.807) is 0 Å². The minimum atomic E-state index is -0.149. The first kappa shape index (κ1) is 15.8. The van der Waals surface area contributed by atoms with Crippen LogP contribution in [0.1, 0.15) is 44.2 Å². The molecule has 1 aliphatic carbocycles. The first-order chi connectivity index (χ1) is 11.7. The Morgan fingerprint density at radius 3 is 2.75 bits per heavy atom. The maximum atomic E-state index is 10.3. The zero-order valence-electron chi connectivity index (χ0n) is 14.1. The summed E-state index contributed by atoms with van der Waals surface area (Å²) in [5.74, 6) is 0.815. The second kappa shape index (κ2) is 6.64. The molecule has 1 saturated heterocycles. The van der Waals surface area contributed by atoms with Gasteiger partial charge in [-0.2, -0.15) is 4.98 Å². The van der Waals surface area contributed by atoms with Gasteiger partial charge in [0.2, 0.25) is 0 Å². The summed E-state index contributed by atoms with van der Waals surface area (Å²) in [5, 5.41) is 18.7. The number of fused-ring (bicyclic) bond motifs is 1. The highest BCUT2D eigenvalue weighted by Crippen LogP contribution is 2.28. The Morgan fingerprint density at radius 1 is 1.17 bits per heavy atom. The number of aliphatic hydroxyl groups is 1. The first-order valence-corrected chi connectivity index (χ1v) is 8.98. The molecule has 2 atom stereocenters. The predicted octanol–water partition coefficient (Wildman–Crippen LogP) is 2.11. The van der Waals surface area contributed by atoms with Crippen molar-refractivity contribution in [2.45, 2.75) is 63.6 Å². The number of aryl methyl sites for hydroxylation is 1. The van der Waals surface area contributed by atoms with Crippen LogP contribution < -0.4 is 5.32 Å². The van der Waals surface area contributed by atoms with Crippen molar-refractivity contribution in [3.63, 3.8) is 0 Å². The molecule has 0 radical (unpaired) electrons. The van der Waals surface area contributed by atoms with Gasteiger partial charge in [-0.1, -0.05) is 18.0 Å². The minimum Gasteiger partial charge on any atom is -0.391 e. The van der Waals surface area contributed by atoms with Gasteiger partial charge in [-0.25, -0.2) is 4.98 Å². The summed E-state index contributed by atoms with van der Waals surface area (Å²) in [6.45, 7) is 3.96. The topological polar surface area (TPSA) is 87.3 Å². The lowest BCUT2D eigenvalue weighted by molar-refractivity contribution is 0.00993. The molecule has 0 bridgehead atoms. The van der Waals surface area contributed by atoms with Gasteiger partial charge in [0.05, 0.1) is 11.8 Å². The zero-order chi connectivity index (χ0) is 16.5. The highest BCUT2D eigenvalue weighted by Gasteiger charge is 2.31. The van der Waals surface area contributed by atoms with Gasteiger partial charge < -0.3 is 14.9 Å². The quantitative estimate of drug-likeness (QED) is 0.890. The van der Waals surface area contributed by atoms with E-state index in [1.807, 2.05) is 6.92 Å². The summed E-state index contributed by atoms with van der Waals surface area (Å²) >= 11 is 0. The van der Waals surface area contributed by atoms with Gasteiger partial charge in [-0.15, -0.1) is 0 Å². The lowest BCUT2D eigenvalue weighted by Gasteiger charge is -2.41. The first-order valence-electron chi connectivity index (χ1n) is 8.98. The van der Waals surface area contributed by atoms with Crippen LogP contribution in [0.3, 0.4) is 0 Å². The van der Waals surface area contributed by atoms with Crippen molar-refractivity contribution < 1.29 is 9.63 Å². The van der Waals surface area contributed by atoms with Crippen molar-refractivity contribution in [2.24, 2.45) is 0 Å². The van der Waals surface area contributed by atoms with E-state index >= 15 is 0 Å². The number of nitrogens with one attached hydrogen (secondary N) is 1. The number of anilines is 1. The summed E-state index contributed by atoms with van der Waals surface area (Å²) in [4.78, 5) is 11.0. The maximum Gasteiger partial charge on any atom is 0.263 e. The number of hydrogen-bond donors (Lipinski definition) is 2. The molecule has 3 heterocycles. The van der Waals surface area contributed by atoms with Gasteiger partial charge >= 0.3 is 0 Å². The molecule has 2 aromatic rings. The lowest BCUT2D eigenvalue weighted by atomic mass is 9.89. The molecule has 0 aromatic carbocycles. The number of nitrogens with zero attached hydrogens (tertiary/aromatic N) is 4. The number of likely N-dealkylation sites (tertiary alicyclic amines) is 1. The van der Waals surface area contributed by atoms with Gasteiger partial charge in [0, 0.05) is 25.2 Å². The van der Waals surface area contributed by atoms with Crippen LogP contribution in [0.25, 0.3) is 11.1 Å². The smallest absolute Gasteiger partial charge is 0.263 e. The van der Waals surface area contributed by atoms with Crippen LogP contribution >= 0.6 is 0 Å². The molecule has 4 rings (SSSR count). The molecule has 24 heavy (non-hydrogen) atoms. The molecule has 2 aromatic heterocycles. The molecule has 0 amide bonds. The van der Waals surface area contributed by atoms with Crippen LogP contribution in [-0.4, -0.2) is 56.4 Å². The molecule has 2 aliphatic rings. The lowest BCUT2D eigenvalue weighted by Crippen LogP contribution is -2.50. The number of aromatic nitrogens is 3. The molecule has 130 valence electrons. The van der Waals surface area contributed by atoms with E-state index in [0.29, 0.717) is 17.8 Å². The van der Waals surface area contributed by atoms with Gasteiger partial charge in [0.25, 0.3) is 5.71 Å². The maximum absolute atomic E-state index is 10.3. The Labute approximate surface area is 141 Å². The highest BCUT2D eigenvalue weighted by atomic mass is 16.5. The number of aliphatic hydroxyl groups excluding tert-OH is 1. The van der Waals surface area contributed by atoms with E-state index in [9.17, 15) is 5.11 Å². The van der Waals surface area contributed by atoms with Crippen molar-refractivity contribution in [3.05, 3.63) is 12.0 Å². The van der Waals surface area contributed by atoms with Crippen molar-refractivity contribution in [1.82, 2.24) is 20.0 Å². The van der Waals surface area contributed by atoms with Crippen molar-refractivity contribution in [3.8, 4) is 0 Å². The molecule has 2 fully saturated rings. The Kier molecular flexibility index (Phi) is 4.37. The summed E-state index contributed by atoms with van der Waals surface area (Å²) in [6.07, 6.45) is 7.97. The third-order valence-corrected chi connectivity index (χ3v) is 5.48. The number of piperidine rings is 1. The van der Waals surface area contributed by atoms with Crippen molar-refractivity contribution in [1.29, 1.82) is 0 Å². The summed E-state index contributed by atoms with van der Waals surface area (Å²) < 4.78 is 5.21. The number of hydrogen-bond acceptors (Lipinski definition) is 7. The average molecular weight is 331 g/mol. The van der Waals surface area contributed by atoms with E-state index in [0.717, 1.165) is 62.1 Å². The molecular formula is C17H25N5O2. The van der Waals surface area contributed by atoms with Gasteiger partial charge in [0.1, 0.15) is 17.5 Å². The fourth-order valence-corrected chi connectivity index (χ4v) is 4.12. The zero-order valence-corrected chi connectivity index (χ0v) is 14.1. The molecule has 7 nitrogen and oxygen atoms in total. The largest absolute Gasteiger partial charge is 0.391 e. The normalized spacial score (nSPS) is 26.8. The van der Waals surface area contributed by atoms with Crippen LogP contribution in [0.4, 0.5) is 5.82 Å². The van der Waals surface area contributed by atoms with E-state index in [4.69, 9.17) is 4.52 Å². The molecule has 0 spiro atoms. The molecular weight excluding hydrogens is 306 g/mol. The molecule has 0 unspecified atom stereocenters. The third kappa shape index (κ3) is 2.98. The van der Waals surface area contributed by atoms with E-state index in [1.165, 1.54) is 12.7 Å². The van der Waals surface area contributed by atoms with Crippen LogP contribution in [0, 0.1) is 6.92 Å². The predicted molar refractivity (Wildman–Crippen MR) is 90.8 cm³/mol. The van der Waals surface area contributed by atoms with Gasteiger partial charge in [0.15, 0.2) is 0 Å². The summed E-state index contributed by atoms with van der Waals surface area (Å²) in [6, 6.07) is 0.736. The summed E-state index contributed by atoms with van der Waals surface area (Å²) in [7, 11) is 0. The van der Waals surface area contributed by atoms with Gasteiger partial charge in [-0.05, 0) is 32.6 Å². The van der Waals surface area contributed by atoms with Crippen molar-refractivity contribution >= 4 is 16.9 Å². The SMILES string of the molecule is Cc1noc2ncnc(NC3CCN([C@@H]4CCCC[C@@H]4O)CC3)c12. The Morgan fingerprint density at radius 2 is 1.96 bits per heavy atom.